The molecule has 0 amide bonds. The number of esters is 1. The lowest BCUT2D eigenvalue weighted by molar-refractivity contribution is 0.0599. The van der Waals surface area contributed by atoms with Gasteiger partial charge in [0.25, 0.3) is 0 Å². The molecule has 1 aliphatic heterocycles. The fourth-order valence-corrected chi connectivity index (χ4v) is 1.44. The Bertz CT molecular complexity index is 424. The van der Waals surface area contributed by atoms with Crippen LogP contribution in [-0.4, -0.2) is 24.3 Å². The Kier molecular flexibility index (Phi) is 2.04. The van der Waals surface area contributed by atoms with Crippen molar-refractivity contribution in [3.63, 3.8) is 0 Å². The fourth-order valence-electron chi connectivity index (χ4n) is 1.44. The molecule has 14 heavy (non-hydrogen) atoms. The summed E-state index contributed by atoms with van der Waals surface area (Å²) in [7, 11) is 1.37. The summed E-state index contributed by atoms with van der Waals surface area (Å²) in [6.07, 6.45) is 2.53. The van der Waals surface area contributed by atoms with E-state index in [9.17, 15) is 4.79 Å². The molecule has 4 heteroatoms. The first kappa shape index (κ1) is 8.87. The van der Waals surface area contributed by atoms with Gasteiger partial charge in [-0.3, -0.25) is 0 Å². The number of carbonyl (C=O) groups is 1. The van der Waals surface area contributed by atoms with E-state index in [4.69, 9.17) is 0 Å². The van der Waals surface area contributed by atoms with Crippen molar-refractivity contribution in [2.24, 2.45) is 4.99 Å². The Labute approximate surface area is 81.6 Å². The van der Waals surface area contributed by atoms with Gasteiger partial charge >= 0.3 is 5.97 Å². The maximum absolute atomic E-state index is 11.3. The number of ether oxygens (including phenoxy) is 1. The Morgan fingerprint density at radius 1 is 1.57 bits per heavy atom. The summed E-state index contributed by atoms with van der Waals surface area (Å²) < 4.78 is 4.66. The first-order valence-corrected chi connectivity index (χ1v) is 4.33. The van der Waals surface area contributed by atoms with Gasteiger partial charge in [0.15, 0.2) is 5.82 Å². The van der Waals surface area contributed by atoms with Crippen molar-refractivity contribution in [2.45, 2.75) is 13.3 Å². The van der Waals surface area contributed by atoms with Gasteiger partial charge in [-0.15, -0.1) is 0 Å². The van der Waals surface area contributed by atoms with Gasteiger partial charge in [0.1, 0.15) is 0 Å². The van der Waals surface area contributed by atoms with Crippen LogP contribution in [0.5, 0.6) is 0 Å². The average Bonchev–Trinajstić information content (AvgIpc) is 2.62. The third kappa shape index (κ3) is 1.28. The number of rotatable bonds is 1. The summed E-state index contributed by atoms with van der Waals surface area (Å²) in [4.78, 5) is 19.7. The largest absolute Gasteiger partial charge is 0.465 e. The average molecular weight is 190 g/mol. The van der Waals surface area contributed by atoms with Crippen molar-refractivity contribution >= 4 is 18.0 Å². The second kappa shape index (κ2) is 3.21. The minimum atomic E-state index is -0.343. The molecule has 0 atom stereocenters. The van der Waals surface area contributed by atoms with E-state index in [-0.39, 0.29) is 5.97 Å². The highest BCUT2D eigenvalue weighted by Gasteiger charge is 2.16. The Balaban J connectivity index is 2.50. The second-order valence-electron chi connectivity index (χ2n) is 3.11. The monoisotopic (exact) mass is 190 g/mol. The standard InChI is InChI=1S/C10H10N2O2/c1-6-8(10(13)14-2)5-7-3-4-11-9(7)12-6/h4-5H,3H2,1-2H3. The van der Waals surface area contributed by atoms with E-state index in [0.717, 1.165) is 17.8 Å². The van der Waals surface area contributed by atoms with Gasteiger partial charge < -0.3 is 4.74 Å². The molecule has 72 valence electrons. The maximum Gasteiger partial charge on any atom is 0.339 e. The Morgan fingerprint density at radius 3 is 3.07 bits per heavy atom. The Morgan fingerprint density at radius 2 is 2.36 bits per heavy atom. The number of aromatic nitrogens is 1. The second-order valence-corrected chi connectivity index (χ2v) is 3.11. The summed E-state index contributed by atoms with van der Waals surface area (Å²) in [5.41, 5.74) is 2.17. The van der Waals surface area contributed by atoms with Crippen molar-refractivity contribution in [3.8, 4) is 0 Å². The zero-order valence-corrected chi connectivity index (χ0v) is 8.07. The lowest BCUT2D eigenvalue weighted by Gasteiger charge is -2.05. The molecule has 0 aromatic carbocycles. The number of carbonyl (C=O) groups excluding carboxylic acids is 1. The molecule has 0 radical (unpaired) electrons. The number of nitrogens with zero attached hydrogens (tertiary/aromatic N) is 2. The zero-order chi connectivity index (χ0) is 10.1. The van der Waals surface area contributed by atoms with Gasteiger partial charge in [0.05, 0.1) is 18.4 Å². The molecule has 0 bridgehead atoms. The van der Waals surface area contributed by atoms with E-state index < -0.39 is 0 Å². The Hall–Kier alpha value is -1.71. The third-order valence-electron chi connectivity index (χ3n) is 2.20. The SMILES string of the molecule is COC(=O)c1cc2c(nc1C)N=CC2. The van der Waals surface area contributed by atoms with Gasteiger partial charge in [-0.05, 0) is 13.0 Å². The number of pyridine rings is 1. The molecule has 0 fully saturated rings. The molecular weight excluding hydrogens is 180 g/mol. The van der Waals surface area contributed by atoms with E-state index in [2.05, 4.69) is 14.7 Å². The highest BCUT2D eigenvalue weighted by atomic mass is 16.5. The van der Waals surface area contributed by atoms with Crippen molar-refractivity contribution < 1.29 is 9.53 Å². The normalized spacial score (nSPS) is 12.7. The zero-order valence-electron chi connectivity index (χ0n) is 8.07. The van der Waals surface area contributed by atoms with Gasteiger partial charge in [-0.1, -0.05) is 0 Å². The number of hydrogen-bond donors (Lipinski definition) is 0. The first-order valence-electron chi connectivity index (χ1n) is 4.33. The topological polar surface area (TPSA) is 51.5 Å². The lowest BCUT2D eigenvalue weighted by Crippen LogP contribution is -2.06. The van der Waals surface area contributed by atoms with Crippen molar-refractivity contribution in [3.05, 3.63) is 22.9 Å². The molecule has 4 nitrogen and oxygen atoms in total. The van der Waals surface area contributed by atoms with Crippen LogP contribution in [0.1, 0.15) is 21.6 Å². The van der Waals surface area contributed by atoms with E-state index in [1.165, 1.54) is 7.11 Å². The molecule has 0 spiro atoms. The van der Waals surface area contributed by atoms with E-state index in [1.54, 1.807) is 19.2 Å². The molecule has 1 aromatic heterocycles. The minimum Gasteiger partial charge on any atom is -0.465 e. The minimum absolute atomic E-state index is 0.343. The molecule has 1 aliphatic rings. The van der Waals surface area contributed by atoms with Gasteiger partial charge in [0, 0.05) is 18.2 Å². The molecule has 0 aliphatic carbocycles. The van der Waals surface area contributed by atoms with Crippen LogP contribution >= 0.6 is 0 Å². The van der Waals surface area contributed by atoms with Crippen molar-refractivity contribution in [1.82, 2.24) is 4.98 Å². The van der Waals surface area contributed by atoms with Gasteiger partial charge in [-0.25, -0.2) is 14.8 Å². The highest BCUT2D eigenvalue weighted by Crippen LogP contribution is 2.24. The summed E-state index contributed by atoms with van der Waals surface area (Å²) in [6, 6.07) is 1.80. The van der Waals surface area contributed by atoms with Crippen LogP contribution in [0.3, 0.4) is 0 Å². The molecular formula is C10H10N2O2. The van der Waals surface area contributed by atoms with E-state index in [1.807, 2.05) is 0 Å². The quantitative estimate of drug-likeness (QED) is 0.629. The molecule has 0 saturated heterocycles. The first-order chi connectivity index (χ1) is 6.72. The number of hydrogen-bond acceptors (Lipinski definition) is 4. The highest BCUT2D eigenvalue weighted by molar-refractivity contribution is 5.91. The number of aliphatic imine (C=N–C) groups is 1. The summed E-state index contributed by atoms with van der Waals surface area (Å²) in [6.45, 7) is 1.78. The lowest BCUT2D eigenvalue weighted by atomic mass is 10.1. The molecule has 1 aromatic rings. The molecule has 2 rings (SSSR count). The maximum atomic E-state index is 11.3. The van der Waals surface area contributed by atoms with Crippen LogP contribution in [0.4, 0.5) is 5.82 Å². The number of aryl methyl sites for hydroxylation is 1. The van der Waals surface area contributed by atoms with Gasteiger partial charge in [-0.2, -0.15) is 0 Å². The number of methoxy groups -OCH3 is 1. The van der Waals surface area contributed by atoms with Crippen LogP contribution in [0.25, 0.3) is 0 Å². The third-order valence-corrected chi connectivity index (χ3v) is 2.20. The van der Waals surface area contributed by atoms with Crippen LogP contribution in [0.15, 0.2) is 11.1 Å². The smallest absolute Gasteiger partial charge is 0.339 e. The van der Waals surface area contributed by atoms with Gasteiger partial charge in [0.2, 0.25) is 0 Å². The van der Waals surface area contributed by atoms with Crippen LogP contribution in [0, 0.1) is 6.92 Å². The fraction of sp³-hybridized carbons (Fsp3) is 0.300. The summed E-state index contributed by atoms with van der Waals surface area (Å²) in [5, 5.41) is 0. The number of fused-ring (bicyclic) bond motifs is 1. The van der Waals surface area contributed by atoms with Crippen molar-refractivity contribution in [2.75, 3.05) is 7.11 Å². The summed E-state index contributed by atoms with van der Waals surface area (Å²) in [5.74, 6) is 0.375. The van der Waals surface area contributed by atoms with Crippen LogP contribution in [-0.2, 0) is 11.2 Å². The molecule has 2 heterocycles. The van der Waals surface area contributed by atoms with Crippen LogP contribution in [0.2, 0.25) is 0 Å². The predicted octanol–water partition coefficient (Wildman–Crippen LogP) is 1.44. The van der Waals surface area contributed by atoms with E-state index >= 15 is 0 Å². The summed E-state index contributed by atoms with van der Waals surface area (Å²) >= 11 is 0. The van der Waals surface area contributed by atoms with Crippen LogP contribution < -0.4 is 0 Å². The predicted molar refractivity (Wildman–Crippen MR) is 52.2 cm³/mol. The molecule has 0 saturated carbocycles. The molecule has 0 N–H and O–H groups in total. The van der Waals surface area contributed by atoms with E-state index in [0.29, 0.717) is 11.3 Å². The molecule has 0 unspecified atom stereocenters. The van der Waals surface area contributed by atoms with Crippen molar-refractivity contribution in [1.29, 1.82) is 0 Å².